The summed E-state index contributed by atoms with van der Waals surface area (Å²) >= 11 is 1.32. The van der Waals surface area contributed by atoms with E-state index in [9.17, 15) is 4.79 Å². The molecule has 0 spiro atoms. The third kappa shape index (κ3) is 6.65. The molecule has 0 bridgehead atoms. The number of nitrogens with one attached hydrogen (secondary N) is 1. The molecule has 1 N–H and O–H groups in total. The van der Waals surface area contributed by atoms with E-state index >= 15 is 0 Å². The van der Waals surface area contributed by atoms with E-state index in [1.54, 1.807) is 6.21 Å². The predicted molar refractivity (Wildman–Crippen MR) is 153 cm³/mol. The molecule has 0 fully saturated rings. The van der Waals surface area contributed by atoms with Crippen LogP contribution in [0.4, 0.5) is 5.69 Å². The summed E-state index contributed by atoms with van der Waals surface area (Å²) in [5.41, 5.74) is 7.83. The fourth-order valence-corrected chi connectivity index (χ4v) is 4.42. The van der Waals surface area contributed by atoms with Gasteiger partial charge in [0.15, 0.2) is 11.0 Å². The van der Waals surface area contributed by atoms with Gasteiger partial charge in [0, 0.05) is 31.0 Å². The molecule has 0 aliphatic heterocycles. The van der Waals surface area contributed by atoms with Crippen LogP contribution in [0.25, 0.3) is 17.1 Å². The number of benzene rings is 3. The van der Waals surface area contributed by atoms with Crippen LogP contribution < -0.4 is 10.3 Å². The SMILES string of the molecule is CN(C)c1ccc(/C=N\NC(=O)CSc2nnc(-c3ccc(C(C)(C)C)cc3)n2-c2ccccc2)cc1. The molecule has 0 aliphatic carbocycles. The fraction of sp³-hybridized carbons (Fsp3) is 0.241. The van der Waals surface area contributed by atoms with Crippen molar-refractivity contribution in [2.24, 2.45) is 5.10 Å². The number of aromatic nitrogens is 3. The van der Waals surface area contributed by atoms with Crippen LogP contribution in [0.5, 0.6) is 0 Å². The number of carbonyl (C=O) groups is 1. The first kappa shape index (κ1) is 26.2. The van der Waals surface area contributed by atoms with Crippen molar-refractivity contribution in [3.05, 3.63) is 90.0 Å². The van der Waals surface area contributed by atoms with E-state index in [-0.39, 0.29) is 17.1 Å². The summed E-state index contributed by atoms with van der Waals surface area (Å²) in [5, 5.41) is 13.6. The van der Waals surface area contributed by atoms with Gasteiger partial charge in [0.2, 0.25) is 0 Å². The second-order valence-corrected chi connectivity index (χ2v) is 10.8. The molecule has 4 rings (SSSR count). The third-order valence-corrected chi connectivity index (χ3v) is 6.73. The van der Waals surface area contributed by atoms with Crippen LogP contribution in [0.1, 0.15) is 31.9 Å². The Bertz CT molecular complexity index is 1350. The van der Waals surface area contributed by atoms with Crippen LogP contribution >= 0.6 is 11.8 Å². The summed E-state index contributed by atoms with van der Waals surface area (Å²) in [6.07, 6.45) is 1.63. The molecule has 190 valence electrons. The number of hydrazone groups is 1. The number of para-hydroxylation sites is 1. The molecule has 1 amide bonds. The van der Waals surface area contributed by atoms with Gasteiger partial charge >= 0.3 is 0 Å². The minimum absolute atomic E-state index is 0.0676. The van der Waals surface area contributed by atoms with Crippen molar-refractivity contribution < 1.29 is 4.79 Å². The van der Waals surface area contributed by atoms with E-state index in [2.05, 4.69) is 65.8 Å². The normalized spacial score (nSPS) is 11.6. The van der Waals surface area contributed by atoms with Gasteiger partial charge in [-0.25, -0.2) is 5.43 Å². The lowest BCUT2D eigenvalue weighted by molar-refractivity contribution is -0.118. The lowest BCUT2D eigenvalue weighted by Gasteiger charge is -2.19. The summed E-state index contributed by atoms with van der Waals surface area (Å²) in [7, 11) is 3.98. The van der Waals surface area contributed by atoms with Crippen molar-refractivity contribution >= 4 is 29.6 Å². The number of rotatable bonds is 8. The zero-order chi connectivity index (χ0) is 26.4. The Morgan fingerprint density at radius 3 is 2.27 bits per heavy atom. The van der Waals surface area contributed by atoms with Crippen LogP contribution in [-0.2, 0) is 10.2 Å². The summed E-state index contributed by atoms with van der Waals surface area (Å²) in [6, 6.07) is 26.3. The highest BCUT2D eigenvalue weighted by Gasteiger charge is 2.19. The van der Waals surface area contributed by atoms with Gasteiger partial charge in [-0.3, -0.25) is 9.36 Å². The number of hydrogen-bond donors (Lipinski definition) is 1. The maximum Gasteiger partial charge on any atom is 0.250 e. The number of anilines is 1. The zero-order valence-electron chi connectivity index (χ0n) is 21.8. The van der Waals surface area contributed by atoms with Crippen molar-refractivity contribution in [3.63, 3.8) is 0 Å². The van der Waals surface area contributed by atoms with Gasteiger partial charge in [-0.1, -0.05) is 87.1 Å². The highest BCUT2D eigenvalue weighted by atomic mass is 32.2. The maximum absolute atomic E-state index is 12.5. The van der Waals surface area contributed by atoms with E-state index in [1.807, 2.05) is 78.2 Å². The number of nitrogens with zero attached hydrogens (tertiary/aromatic N) is 5. The Morgan fingerprint density at radius 1 is 0.973 bits per heavy atom. The fourth-order valence-electron chi connectivity index (χ4n) is 3.68. The van der Waals surface area contributed by atoms with Crippen molar-refractivity contribution in [1.29, 1.82) is 0 Å². The molecule has 37 heavy (non-hydrogen) atoms. The van der Waals surface area contributed by atoms with E-state index in [1.165, 1.54) is 17.3 Å². The van der Waals surface area contributed by atoms with Gasteiger partial charge < -0.3 is 4.90 Å². The molecule has 0 aliphatic rings. The van der Waals surface area contributed by atoms with Gasteiger partial charge in [0.05, 0.1) is 12.0 Å². The summed E-state index contributed by atoms with van der Waals surface area (Å²) in [5.74, 6) is 0.670. The highest BCUT2D eigenvalue weighted by molar-refractivity contribution is 7.99. The Hall–Kier alpha value is -3.91. The Morgan fingerprint density at radius 2 is 1.65 bits per heavy atom. The quantitative estimate of drug-likeness (QED) is 0.191. The Balaban J connectivity index is 1.48. The van der Waals surface area contributed by atoms with Gasteiger partial charge in [-0.05, 0) is 40.8 Å². The molecule has 1 aromatic heterocycles. The van der Waals surface area contributed by atoms with Gasteiger partial charge in [-0.15, -0.1) is 10.2 Å². The average Bonchev–Trinajstić information content (AvgIpc) is 3.32. The van der Waals surface area contributed by atoms with Crippen LogP contribution in [0.2, 0.25) is 0 Å². The predicted octanol–water partition coefficient (Wildman–Crippen LogP) is 5.54. The van der Waals surface area contributed by atoms with E-state index in [4.69, 9.17) is 0 Å². The van der Waals surface area contributed by atoms with Gasteiger partial charge in [0.25, 0.3) is 5.91 Å². The third-order valence-electron chi connectivity index (χ3n) is 5.80. The van der Waals surface area contributed by atoms with Crippen molar-refractivity contribution in [1.82, 2.24) is 20.2 Å². The molecule has 0 radical (unpaired) electrons. The molecule has 0 saturated carbocycles. The second kappa shape index (κ2) is 11.4. The van der Waals surface area contributed by atoms with Crippen molar-refractivity contribution in [3.8, 4) is 17.1 Å². The Kier molecular flexibility index (Phi) is 8.08. The van der Waals surface area contributed by atoms with Crippen LogP contribution in [0.3, 0.4) is 0 Å². The molecule has 4 aromatic rings. The summed E-state index contributed by atoms with van der Waals surface area (Å²) in [4.78, 5) is 14.5. The lowest BCUT2D eigenvalue weighted by Crippen LogP contribution is -2.20. The molecule has 0 atom stereocenters. The number of thioether (sulfide) groups is 1. The largest absolute Gasteiger partial charge is 0.378 e. The molecule has 8 heteroatoms. The smallest absolute Gasteiger partial charge is 0.250 e. The standard InChI is InChI=1S/C29H32N6OS/c1-29(2,3)23-15-13-22(14-16-23)27-32-33-28(35(27)25-9-7-6-8-10-25)37-20-26(36)31-30-19-21-11-17-24(18-12-21)34(4)5/h6-19H,20H2,1-5H3,(H,31,36)/b30-19-. The lowest BCUT2D eigenvalue weighted by atomic mass is 9.87. The van der Waals surface area contributed by atoms with E-state index in [0.717, 1.165) is 28.3 Å². The monoisotopic (exact) mass is 512 g/mol. The first-order valence-electron chi connectivity index (χ1n) is 12.1. The number of carbonyl (C=O) groups excluding carboxylic acids is 1. The number of amides is 1. The van der Waals surface area contributed by atoms with Crippen molar-refractivity contribution in [2.75, 3.05) is 24.7 Å². The van der Waals surface area contributed by atoms with Crippen LogP contribution in [0.15, 0.2) is 89.1 Å². The van der Waals surface area contributed by atoms with Crippen LogP contribution in [-0.4, -0.2) is 46.7 Å². The Labute approximate surface area is 222 Å². The molecule has 3 aromatic carbocycles. The van der Waals surface area contributed by atoms with Crippen LogP contribution in [0, 0.1) is 0 Å². The minimum atomic E-state index is -0.218. The second-order valence-electron chi connectivity index (χ2n) is 9.87. The molecule has 0 unspecified atom stereocenters. The van der Waals surface area contributed by atoms with E-state index in [0.29, 0.717) is 5.16 Å². The zero-order valence-corrected chi connectivity index (χ0v) is 22.7. The molecule has 1 heterocycles. The highest BCUT2D eigenvalue weighted by Crippen LogP contribution is 2.30. The van der Waals surface area contributed by atoms with Crippen molar-refractivity contribution in [2.45, 2.75) is 31.3 Å². The van der Waals surface area contributed by atoms with Gasteiger partial charge in [0.1, 0.15) is 0 Å². The minimum Gasteiger partial charge on any atom is -0.378 e. The van der Waals surface area contributed by atoms with Gasteiger partial charge in [-0.2, -0.15) is 5.10 Å². The molecule has 0 saturated heterocycles. The first-order chi connectivity index (χ1) is 17.7. The molecular weight excluding hydrogens is 480 g/mol. The first-order valence-corrected chi connectivity index (χ1v) is 13.0. The summed E-state index contributed by atoms with van der Waals surface area (Å²) in [6.45, 7) is 6.58. The molecule has 7 nitrogen and oxygen atoms in total. The average molecular weight is 513 g/mol. The topological polar surface area (TPSA) is 75.4 Å². The molecular formula is C29H32N6OS. The summed E-state index contributed by atoms with van der Waals surface area (Å²) < 4.78 is 1.99. The number of hydrogen-bond acceptors (Lipinski definition) is 6. The van der Waals surface area contributed by atoms with E-state index < -0.39 is 0 Å². The maximum atomic E-state index is 12.5.